The summed E-state index contributed by atoms with van der Waals surface area (Å²) in [4.78, 5) is 13.0. The Kier molecular flexibility index (Phi) is 3.73. The van der Waals surface area contributed by atoms with Gasteiger partial charge in [-0.2, -0.15) is 0 Å². The Hall–Kier alpha value is -0.610. The number of rotatable bonds is 4. The molecule has 2 aliphatic rings. The first-order chi connectivity index (χ1) is 8.00. The summed E-state index contributed by atoms with van der Waals surface area (Å²) in [7, 11) is 0. The molecule has 0 aromatic heterocycles. The fraction of sp³-hybridized carbons (Fsp3) is 0.923. The van der Waals surface area contributed by atoms with Crippen LogP contribution in [0.25, 0.3) is 0 Å². The fourth-order valence-corrected chi connectivity index (χ4v) is 3.04. The summed E-state index contributed by atoms with van der Waals surface area (Å²) in [5.74, 6) is -0.696. The number of nitrogens with zero attached hydrogens (tertiary/aromatic N) is 1. The van der Waals surface area contributed by atoms with Crippen LogP contribution in [0.3, 0.4) is 0 Å². The van der Waals surface area contributed by atoms with Gasteiger partial charge in [-0.25, -0.2) is 0 Å². The van der Waals surface area contributed by atoms with Gasteiger partial charge in [0.15, 0.2) is 0 Å². The molecule has 0 aromatic carbocycles. The van der Waals surface area contributed by atoms with E-state index in [-0.39, 0.29) is 11.8 Å². The molecule has 17 heavy (non-hydrogen) atoms. The molecule has 2 fully saturated rings. The van der Waals surface area contributed by atoms with Crippen molar-refractivity contribution in [1.29, 1.82) is 0 Å². The average Bonchev–Trinajstić information content (AvgIpc) is 2.23. The van der Waals surface area contributed by atoms with E-state index in [1.54, 1.807) is 6.92 Å². The number of aliphatic hydroxyl groups is 1. The predicted octanol–water partition coefficient (Wildman–Crippen LogP) is 1.33. The van der Waals surface area contributed by atoms with E-state index in [0.29, 0.717) is 0 Å². The van der Waals surface area contributed by atoms with E-state index in [9.17, 15) is 9.90 Å². The zero-order valence-electron chi connectivity index (χ0n) is 10.6. The maximum absolute atomic E-state index is 10.8. The Morgan fingerprint density at radius 1 is 1.35 bits per heavy atom. The molecule has 0 aromatic rings. The highest BCUT2D eigenvalue weighted by molar-refractivity contribution is 5.70. The molecule has 1 aliphatic heterocycles. The van der Waals surface area contributed by atoms with Gasteiger partial charge in [-0.15, -0.1) is 0 Å². The summed E-state index contributed by atoms with van der Waals surface area (Å²) >= 11 is 0. The standard InChI is InChI=1S/C13H23NO3/c1-10(12(15)16)11-7-14(8-11)9-13(17)5-3-2-4-6-13/h10-11,17H,2-9H2,1H3,(H,15,16). The highest BCUT2D eigenvalue weighted by Crippen LogP contribution is 2.32. The Labute approximate surface area is 103 Å². The van der Waals surface area contributed by atoms with Crippen LogP contribution in [-0.4, -0.2) is 46.3 Å². The molecule has 0 bridgehead atoms. The van der Waals surface area contributed by atoms with Crippen LogP contribution in [0.2, 0.25) is 0 Å². The van der Waals surface area contributed by atoms with E-state index < -0.39 is 11.6 Å². The summed E-state index contributed by atoms with van der Waals surface area (Å²) in [6.45, 7) is 4.17. The second-order valence-corrected chi connectivity index (χ2v) is 5.87. The molecule has 1 heterocycles. The van der Waals surface area contributed by atoms with Gasteiger partial charge < -0.3 is 10.2 Å². The lowest BCUT2D eigenvalue weighted by Crippen LogP contribution is -2.56. The molecule has 1 unspecified atom stereocenters. The lowest BCUT2D eigenvalue weighted by molar-refractivity contribution is -0.146. The molecule has 0 amide bonds. The van der Waals surface area contributed by atoms with E-state index in [0.717, 1.165) is 45.3 Å². The number of β-amino-alcohol motifs (C(OH)–C–C–N with tert-alkyl or cyclic N) is 1. The molecule has 1 aliphatic carbocycles. The van der Waals surface area contributed by atoms with Crippen molar-refractivity contribution < 1.29 is 15.0 Å². The monoisotopic (exact) mass is 241 g/mol. The van der Waals surface area contributed by atoms with Gasteiger partial charge in [-0.05, 0) is 18.8 Å². The first kappa shape index (κ1) is 12.8. The minimum absolute atomic E-state index is 0.257. The smallest absolute Gasteiger partial charge is 0.306 e. The van der Waals surface area contributed by atoms with E-state index in [1.165, 1.54) is 6.42 Å². The van der Waals surface area contributed by atoms with Crippen LogP contribution in [0.15, 0.2) is 0 Å². The summed E-state index contributed by atoms with van der Waals surface area (Å²) in [5.41, 5.74) is -0.504. The van der Waals surface area contributed by atoms with E-state index in [1.807, 2.05) is 0 Å². The Morgan fingerprint density at radius 2 is 1.94 bits per heavy atom. The van der Waals surface area contributed by atoms with Crippen molar-refractivity contribution in [1.82, 2.24) is 4.90 Å². The molecular weight excluding hydrogens is 218 g/mol. The Balaban J connectivity index is 1.75. The van der Waals surface area contributed by atoms with Crippen molar-refractivity contribution >= 4 is 5.97 Å². The van der Waals surface area contributed by atoms with Crippen LogP contribution >= 0.6 is 0 Å². The molecule has 2 N–H and O–H groups in total. The van der Waals surface area contributed by atoms with Gasteiger partial charge in [0, 0.05) is 19.6 Å². The summed E-state index contributed by atoms with van der Waals surface area (Å²) in [6, 6.07) is 0. The molecule has 0 radical (unpaired) electrons. The minimum atomic E-state index is -0.703. The van der Waals surface area contributed by atoms with E-state index in [2.05, 4.69) is 4.90 Å². The van der Waals surface area contributed by atoms with Crippen LogP contribution < -0.4 is 0 Å². The van der Waals surface area contributed by atoms with Gasteiger partial charge in [0.05, 0.1) is 11.5 Å². The SMILES string of the molecule is CC(C(=O)O)C1CN(CC2(O)CCCCC2)C1. The highest BCUT2D eigenvalue weighted by atomic mass is 16.4. The highest BCUT2D eigenvalue weighted by Gasteiger charge is 2.39. The minimum Gasteiger partial charge on any atom is -0.481 e. The number of aliphatic carboxylic acids is 1. The molecule has 1 saturated heterocycles. The normalized spacial score (nSPS) is 27.4. The van der Waals surface area contributed by atoms with Crippen LogP contribution in [0, 0.1) is 11.8 Å². The first-order valence-corrected chi connectivity index (χ1v) is 6.68. The van der Waals surface area contributed by atoms with Crippen LogP contribution in [0.1, 0.15) is 39.0 Å². The van der Waals surface area contributed by atoms with Crippen molar-refractivity contribution in [2.24, 2.45) is 11.8 Å². The van der Waals surface area contributed by atoms with Gasteiger partial charge in [-0.1, -0.05) is 26.2 Å². The Morgan fingerprint density at radius 3 is 2.47 bits per heavy atom. The molecule has 0 spiro atoms. The summed E-state index contributed by atoms with van der Waals surface area (Å²) < 4.78 is 0. The van der Waals surface area contributed by atoms with Crippen LogP contribution in [-0.2, 0) is 4.79 Å². The van der Waals surface area contributed by atoms with Crippen LogP contribution in [0.5, 0.6) is 0 Å². The second kappa shape index (κ2) is 4.94. The van der Waals surface area contributed by atoms with Crippen molar-refractivity contribution in [3.05, 3.63) is 0 Å². The second-order valence-electron chi connectivity index (χ2n) is 5.87. The van der Waals surface area contributed by atoms with Crippen molar-refractivity contribution in [2.45, 2.75) is 44.6 Å². The maximum atomic E-state index is 10.8. The third-order valence-electron chi connectivity index (χ3n) is 4.38. The quantitative estimate of drug-likeness (QED) is 0.779. The average molecular weight is 241 g/mol. The molecule has 4 nitrogen and oxygen atoms in total. The lowest BCUT2D eigenvalue weighted by atomic mass is 9.81. The number of carbonyl (C=O) groups is 1. The predicted molar refractivity (Wildman–Crippen MR) is 64.8 cm³/mol. The summed E-state index contributed by atoms with van der Waals surface area (Å²) in [5, 5.41) is 19.3. The van der Waals surface area contributed by atoms with Crippen LogP contribution in [0.4, 0.5) is 0 Å². The maximum Gasteiger partial charge on any atom is 0.306 e. The third-order valence-corrected chi connectivity index (χ3v) is 4.38. The molecule has 2 rings (SSSR count). The Bertz CT molecular complexity index is 280. The summed E-state index contributed by atoms with van der Waals surface area (Å²) in [6.07, 6.45) is 5.30. The number of likely N-dealkylation sites (tertiary alicyclic amines) is 1. The molecule has 1 atom stereocenters. The third kappa shape index (κ3) is 2.99. The van der Waals surface area contributed by atoms with Crippen molar-refractivity contribution in [2.75, 3.05) is 19.6 Å². The number of hydrogen-bond acceptors (Lipinski definition) is 3. The molecule has 98 valence electrons. The van der Waals surface area contributed by atoms with E-state index >= 15 is 0 Å². The lowest BCUT2D eigenvalue weighted by Gasteiger charge is -2.46. The van der Waals surface area contributed by atoms with Gasteiger partial charge in [0.2, 0.25) is 0 Å². The number of carboxylic acid groups (broad SMARTS) is 1. The number of hydrogen-bond donors (Lipinski definition) is 2. The first-order valence-electron chi connectivity index (χ1n) is 6.68. The zero-order chi connectivity index (χ0) is 12.5. The zero-order valence-corrected chi connectivity index (χ0v) is 10.6. The number of carboxylic acids is 1. The van der Waals surface area contributed by atoms with Gasteiger partial charge in [0.25, 0.3) is 0 Å². The van der Waals surface area contributed by atoms with E-state index in [4.69, 9.17) is 5.11 Å². The van der Waals surface area contributed by atoms with Gasteiger partial charge in [0.1, 0.15) is 0 Å². The topological polar surface area (TPSA) is 60.8 Å². The van der Waals surface area contributed by atoms with Crippen molar-refractivity contribution in [3.8, 4) is 0 Å². The van der Waals surface area contributed by atoms with Gasteiger partial charge in [-0.3, -0.25) is 9.69 Å². The van der Waals surface area contributed by atoms with Gasteiger partial charge >= 0.3 is 5.97 Å². The fourth-order valence-electron chi connectivity index (χ4n) is 3.04. The molecule has 4 heteroatoms. The largest absolute Gasteiger partial charge is 0.481 e. The molecule has 1 saturated carbocycles. The van der Waals surface area contributed by atoms with Crippen molar-refractivity contribution in [3.63, 3.8) is 0 Å². The molecular formula is C13H23NO3.